The molecule has 0 spiro atoms. The molecule has 0 radical (unpaired) electrons. The van der Waals surface area contributed by atoms with Crippen LogP contribution in [0.5, 0.6) is 11.5 Å². The van der Waals surface area contributed by atoms with Crippen molar-refractivity contribution in [1.29, 1.82) is 0 Å². The van der Waals surface area contributed by atoms with Gasteiger partial charge in [-0.3, -0.25) is 9.59 Å². The largest absolute Gasteiger partial charge is 0.455 e. The molecular weight excluding hydrogens is 454 g/mol. The van der Waals surface area contributed by atoms with Gasteiger partial charge in [0.25, 0.3) is 0 Å². The molecule has 0 aliphatic heterocycles. The van der Waals surface area contributed by atoms with Crippen molar-refractivity contribution in [2.75, 3.05) is 5.32 Å². The van der Waals surface area contributed by atoms with Gasteiger partial charge < -0.3 is 10.1 Å². The van der Waals surface area contributed by atoms with Crippen LogP contribution in [0.1, 0.15) is 33.6 Å². The van der Waals surface area contributed by atoms with Crippen LogP contribution in [0, 0.1) is 16.2 Å². The predicted molar refractivity (Wildman–Crippen MR) is 118 cm³/mol. The van der Waals surface area contributed by atoms with Crippen LogP contribution < -0.4 is 10.1 Å². The fourth-order valence-electron chi connectivity index (χ4n) is 4.99. The molecule has 1 amide bonds. The van der Waals surface area contributed by atoms with E-state index >= 15 is 0 Å². The maximum absolute atomic E-state index is 13.6. The highest BCUT2D eigenvalue weighted by atomic mass is 79.9. The van der Waals surface area contributed by atoms with Crippen molar-refractivity contribution in [2.24, 2.45) is 16.2 Å². The predicted octanol–water partition coefficient (Wildman–Crippen LogP) is 6.23. The van der Waals surface area contributed by atoms with Crippen LogP contribution in [0.2, 0.25) is 5.02 Å². The molecule has 2 aliphatic rings. The number of para-hydroxylation sites is 1. The van der Waals surface area contributed by atoms with Crippen LogP contribution in [0.3, 0.4) is 0 Å². The maximum Gasteiger partial charge on any atom is 0.232 e. The van der Waals surface area contributed by atoms with Gasteiger partial charge in [-0.2, -0.15) is 0 Å². The zero-order valence-electron chi connectivity index (χ0n) is 16.6. The number of nitrogens with one attached hydrogen (secondary N) is 1. The van der Waals surface area contributed by atoms with E-state index in [2.05, 4.69) is 21.2 Å². The number of anilines is 1. The highest BCUT2D eigenvalue weighted by molar-refractivity contribution is 9.10. The summed E-state index contributed by atoms with van der Waals surface area (Å²) >= 11 is 9.76. The molecule has 2 fully saturated rings. The molecule has 1 N–H and O–H groups in total. The Morgan fingerprint density at radius 3 is 2.45 bits per heavy atom. The van der Waals surface area contributed by atoms with Crippen LogP contribution in [0.25, 0.3) is 0 Å². The van der Waals surface area contributed by atoms with E-state index in [-0.39, 0.29) is 11.7 Å². The van der Waals surface area contributed by atoms with Crippen molar-refractivity contribution in [3.63, 3.8) is 0 Å². The third-order valence-corrected chi connectivity index (χ3v) is 8.72. The van der Waals surface area contributed by atoms with Gasteiger partial charge in [0.2, 0.25) is 5.91 Å². The lowest BCUT2D eigenvalue weighted by Gasteiger charge is -2.39. The Labute approximate surface area is 184 Å². The quantitative estimate of drug-likeness (QED) is 0.532. The molecule has 3 atom stereocenters. The summed E-state index contributed by atoms with van der Waals surface area (Å²) in [7, 11) is 0. The lowest BCUT2D eigenvalue weighted by atomic mass is 9.64. The van der Waals surface area contributed by atoms with E-state index in [9.17, 15) is 9.59 Å². The molecule has 4 nitrogen and oxygen atoms in total. The summed E-state index contributed by atoms with van der Waals surface area (Å²) < 4.78 is 5.97. The third kappa shape index (κ3) is 2.77. The lowest BCUT2D eigenvalue weighted by Crippen LogP contribution is -2.48. The number of Topliss-reactive ketones (excluding diaryl/α,β-unsaturated/α-hetero) is 1. The summed E-state index contributed by atoms with van der Waals surface area (Å²) in [5.41, 5.74) is -1.33. The zero-order valence-corrected chi connectivity index (χ0v) is 18.9. The topological polar surface area (TPSA) is 55.4 Å². The van der Waals surface area contributed by atoms with E-state index in [0.717, 1.165) is 0 Å². The number of fused-ring (bicyclic) bond motifs is 2. The Balaban J connectivity index is 1.69. The number of ether oxygens (including phenoxy) is 1. The minimum absolute atomic E-state index is 0.107. The summed E-state index contributed by atoms with van der Waals surface area (Å²) in [6.07, 6.45) is 1.36. The van der Waals surface area contributed by atoms with Gasteiger partial charge >= 0.3 is 0 Å². The first-order chi connectivity index (χ1) is 13.6. The molecule has 2 saturated carbocycles. The Hall–Kier alpha value is -1.85. The van der Waals surface area contributed by atoms with Gasteiger partial charge in [0.1, 0.15) is 5.75 Å². The van der Waals surface area contributed by atoms with Crippen molar-refractivity contribution in [3.05, 3.63) is 53.6 Å². The summed E-state index contributed by atoms with van der Waals surface area (Å²) in [4.78, 5) is 26.1. The molecular formula is C23H23BrClNO3. The van der Waals surface area contributed by atoms with E-state index in [4.69, 9.17) is 16.3 Å². The van der Waals surface area contributed by atoms with Crippen molar-refractivity contribution >= 4 is 44.9 Å². The van der Waals surface area contributed by atoms with Gasteiger partial charge in [-0.05, 0) is 48.6 Å². The Morgan fingerprint density at radius 1 is 1.14 bits per heavy atom. The van der Waals surface area contributed by atoms with Crippen LogP contribution in [0.15, 0.2) is 48.5 Å². The molecule has 6 heteroatoms. The number of hydrogen-bond acceptors (Lipinski definition) is 3. The maximum atomic E-state index is 13.6. The van der Waals surface area contributed by atoms with E-state index in [1.165, 1.54) is 0 Å². The van der Waals surface area contributed by atoms with Gasteiger partial charge in [0.05, 0.1) is 15.9 Å². The number of alkyl halides is 1. The van der Waals surface area contributed by atoms with Gasteiger partial charge in [0, 0.05) is 10.4 Å². The molecule has 2 aromatic carbocycles. The molecule has 0 heterocycles. The van der Waals surface area contributed by atoms with E-state index in [1.807, 2.05) is 51.1 Å². The summed E-state index contributed by atoms with van der Waals surface area (Å²) in [5.74, 6) is 1.08. The van der Waals surface area contributed by atoms with E-state index < -0.39 is 21.1 Å². The number of ketones is 1. The first kappa shape index (κ1) is 20.4. The minimum atomic E-state index is -0.828. The number of amides is 1. The number of carbonyl (C=O) groups excluding carboxylic acids is 2. The smallest absolute Gasteiger partial charge is 0.232 e. The highest BCUT2D eigenvalue weighted by Crippen LogP contribution is 2.72. The third-order valence-electron chi connectivity index (χ3n) is 7.29. The molecule has 4 rings (SSSR count). The fourth-order valence-corrected chi connectivity index (χ4v) is 6.68. The summed E-state index contributed by atoms with van der Waals surface area (Å²) in [5, 5.41) is 3.52. The first-order valence-electron chi connectivity index (χ1n) is 9.66. The normalized spacial score (nSPS) is 29.7. The van der Waals surface area contributed by atoms with Crippen LogP contribution in [-0.4, -0.2) is 16.5 Å². The number of carbonyl (C=O) groups is 2. The van der Waals surface area contributed by atoms with Gasteiger partial charge in [-0.1, -0.05) is 66.5 Å². The minimum Gasteiger partial charge on any atom is -0.455 e. The van der Waals surface area contributed by atoms with Crippen molar-refractivity contribution < 1.29 is 14.3 Å². The lowest BCUT2D eigenvalue weighted by molar-refractivity contribution is -0.130. The Bertz CT molecular complexity index is 993. The molecule has 2 bridgehead atoms. The summed E-state index contributed by atoms with van der Waals surface area (Å²) in [6.45, 7) is 6.03. The van der Waals surface area contributed by atoms with Gasteiger partial charge in [-0.15, -0.1) is 0 Å². The monoisotopic (exact) mass is 475 g/mol. The number of halogens is 2. The molecule has 3 unspecified atom stereocenters. The average molecular weight is 477 g/mol. The molecule has 2 aliphatic carbocycles. The van der Waals surface area contributed by atoms with Crippen LogP contribution in [-0.2, 0) is 9.59 Å². The van der Waals surface area contributed by atoms with E-state index in [1.54, 1.807) is 18.2 Å². The van der Waals surface area contributed by atoms with E-state index in [0.29, 0.717) is 35.1 Å². The van der Waals surface area contributed by atoms with Crippen molar-refractivity contribution in [2.45, 2.75) is 38.4 Å². The second-order valence-corrected chi connectivity index (χ2v) is 10.0. The number of benzene rings is 2. The number of hydrogen-bond donors (Lipinski definition) is 1. The highest BCUT2D eigenvalue weighted by Gasteiger charge is 2.76. The molecule has 0 saturated heterocycles. The van der Waals surface area contributed by atoms with Gasteiger partial charge in [-0.25, -0.2) is 0 Å². The molecule has 29 heavy (non-hydrogen) atoms. The van der Waals surface area contributed by atoms with Crippen molar-refractivity contribution in [1.82, 2.24) is 0 Å². The average Bonchev–Trinajstić information content (AvgIpc) is 2.96. The van der Waals surface area contributed by atoms with Crippen LogP contribution in [0.4, 0.5) is 5.69 Å². The number of rotatable bonds is 4. The standard InChI is InChI=1S/C23H23BrClNO3/c1-21(2)22(3)11-12-23(21,18(24)19(22)27)20(28)26-16-13-14(25)9-10-17(16)29-15-7-5-4-6-8-15/h4-10,13,18H,11-12H2,1-3H3,(H,26,28). The van der Waals surface area contributed by atoms with Crippen molar-refractivity contribution in [3.8, 4) is 11.5 Å². The van der Waals surface area contributed by atoms with Gasteiger partial charge in [0.15, 0.2) is 11.5 Å². The molecule has 0 aromatic heterocycles. The second-order valence-electron chi connectivity index (χ2n) is 8.66. The Morgan fingerprint density at radius 2 is 1.83 bits per heavy atom. The SMILES string of the molecule is CC12CCC(C(=O)Nc3cc(Cl)ccc3Oc3ccccc3)(C(Br)C1=O)C2(C)C. The second kappa shape index (κ2) is 6.85. The molecule has 2 aromatic rings. The first-order valence-corrected chi connectivity index (χ1v) is 11.0. The zero-order chi connectivity index (χ0) is 21.0. The fraction of sp³-hybridized carbons (Fsp3) is 0.391. The van der Waals surface area contributed by atoms with Crippen LogP contribution >= 0.6 is 27.5 Å². The Kier molecular flexibility index (Phi) is 4.82. The molecule has 152 valence electrons. The summed E-state index contributed by atoms with van der Waals surface area (Å²) in [6, 6.07) is 14.5.